The Morgan fingerprint density at radius 1 is 1.21 bits per heavy atom. The molecular formula is C14H9ClF6N4O3. The smallest absolute Gasteiger partial charge is 0.320 e. The molecule has 1 N–H and O–H groups in total. The van der Waals surface area contributed by atoms with Gasteiger partial charge in [0.15, 0.2) is 5.69 Å². The third kappa shape index (κ3) is 4.18. The van der Waals surface area contributed by atoms with Crippen LogP contribution in [0.25, 0.3) is 0 Å². The number of aromatic nitrogens is 2. The predicted octanol–water partition coefficient (Wildman–Crippen LogP) is 4.61. The molecule has 2 aromatic rings. The predicted molar refractivity (Wildman–Crippen MR) is 85.6 cm³/mol. The first kappa shape index (κ1) is 21.5. The largest absolute Gasteiger partial charge is 0.435 e. The van der Waals surface area contributed by atoms with Crippen LogP contribution in [0.3, 0.4) is 0 Å². The Morgan fingerprint density at radius 3 is 2.29 bits per heavy atom. The fraction of sp³-hybridized carbons (Fsp3) is 0.286. The summed E-state index contributed by atoms with van der Waals surface area (Å²) in [5.41, 5.74) is -6.01. The van der Waals surface area contributed by atoms with Crippen LogP contribution in [0.4, 0.5) is 43.7 Å². The van der Waals surface area contributed by atoms with Crippen molar-refractivity contribution in [2.45, 2.75) is 25.8 Å². The minimum atomic E-state index is -5.11. The Bertz CT molecular complexity index is 987. The van der Waals surface area contributed by atoms with Gasteiger partial charge in [-0.15, -0.1) is 0 Å². The number of halogens is 7. The summed E-state index contributed by atoms with van der Waals surface area (Å²) in [7, 11) is 0. The van der Waals surface area contributed by atoms with Crippen LogP contribution in [0.5, 0.6) is 0 Å². The summed E-state index contributed by atoms with van der Waals surface area (Å²) in [5, 5.41) is 12.0. The number of nitrogens with zero attached hydrogens (tertiary/aromatic N) is 3. The lowest BCUT2D eigenvalue weighted by Gasteiger charge is -2.16. The number of nitro benzene ring substituents is 1. The maximum absolute atomic E-state index is 13.0. The zero-order valence-corrected chi connectivity index (χ0v) is 14.4. The minimum Gasteiger partial charge on any atom is -0.320 e. The highest BCUT2D eigenvalue weighted by atomic mass is 35.5. The van der Waals surface area contributed by atoms with Crippen molar-refractivity contribution in [3.63, 3.8) is 0 Å². The number of hydrogen-bond donors (Lipinski definition) is 1. The first-order valence-electron chi connectivity index (χ1n) is 7.27. The minimum absolute atomic E-state index is 0.206. The number of nitro groups is 1. The Labute approximate surface area is 156 Å². The van der Waals surface area contributed by atoms with Gasteiger partial charge >= 0.3 is 12.4 Å². The molecule has 28 heavy (non-hydrogen) atoms. The third-order valence-electron chi connectivity index (χ3n) is 3.47. The lowest BCUT2D eigenvalue weighted by Crippen LogP contribution is -2.28. The van der Waals surface area contributed by atoms with E-state index in [4.69, 9.17) is 11.6 Å². The van der Waals surface area contributed by atoms with Crippen molar-refractivity contribution in [1.82, 2.24) is 9.55 Å². The van der Waals surface area contributed by atoms with E-state index in [1.54, 1.807) is 0 Å². The highest BCUT2D eigenvalue weighted by molar-refractivity contribution is 6.31. The standard InChI is InChI=1S/C14H9ClF6N4O3/c1-2-24-11(26)9(15)10(14(19,20)21)23-12(24)22-7-4-3-6(13(16,17)18)5-8(7)25(27)28/h3-5H,2H2,1H3,(H,22,23). The van der Waals surface area contributed by atoms with E-state index < -0.39 is 56.4 Å². The normalized spacial score (nSPS) is 12.1. The van der Waals surface area contributed by atoms with E-state index in [1.807, 2.05) is 0 Å². The van der Waals surface area contributed by atoms with Gasteiger partial charge in [-0.25, -0.2) is 4.98 Å². The van der Waals surface area contributed by atoms with Gasteiger partial charge < -0.3 is 5.32 Å². The summed E-state index contributed by atoms with van der Waals surface area (Å²) in [4.78, 5) is 25.2. The number of anilines is 2. The van der Waals surface area contributed by atoms with Crippen LogP contribution < -0.4 is 10.9 Å². The second kappa shape index (κ2) is 7.30. The van der Waals surface area contributed by atoms with E-state index in [-0.39, 0.29) is 12.6 Å². The number of rotatable bonds is 4. The van der Waals surface area contributed by atoms with Crippen molar-refractivity contribution in [1.29, 1.82) is 0 Å². The van der Waals surface area contributed by atoms with Crippen molar-refractivity contribution in [2.75, 3.05) is 5.32 Å². The van der Waals surface area contributed by atoms with Gasteiger partial charge in [0.1, 0.15) is 10.7 Å². The lowest BCUT2D eigenvalue weighted by atomic mass is 10.1. The molecule has 0 atom stereocenters. The van der Waals surface area contributed by atoms with Gasteiger partial charge in [0.2, 0.25) is 5.95 Å². The Hall–Kier alpha value is -2.83. The van der Waals surface area contributed by atoms with E-state index in [0.29, 0.717) is 16.7 Å². The monoisotopic (exact) mass is 430 g/mol. The van der Waals surface area contributed by atoms with E-state index in [1.165, 1.54) is 6.92 Å². The molecule has 0 spiro atoms. The molecule has 7 nitrogen and oxygen atoms in total. The molecule has 2 rings (SSSR count). The number of alkyl halides is 6. The maximum Gasteiger partial charge on any atom is 0.435 e. The van der Waals surface area contributed by atoms with Gasteiger partial charge in [-0.05, 0) is 19.1 Å². The molecule has 0 aliphatic heterocycles. The van der Waals surface area contributed by atoms with E-state index in [0.717, 1.165) is 0 Å². The van der Waals surface area contributed by atoms with Crippen LogP contribution in [0.15, 0.2) is 23.0 Å². The number of nitrogens with one attached hydrogen (secondary N) is 1. The van der Waals surface area contributed by atoms with Crippen LogP contribution >= 0.6 is 11.6 Å². The Balaban J connectivity index is 2.67. The van der Waals surface area contributed by atoms with Crippen molar-refractivity contribution >= 4 is 28.9 Å². The molecular weight excluding hydrogens is 422 g/mol. The van der Waals surface area contributed by atoms with E-state index in [9.17, 15) is 41.3 Å². The third-order valence-corrected chi connectivity index (χ3v) is 3.81. The van der Waals surface area contributed by atoms with Gasteiger partial charge in [-0.1, -0.05) is 11.6 Å². The summed E-state index contributed by atoms with van der Waals surface area (Å²) in [6, 6.07) is 1.34. The highest BCUT2D eigenvalue weighted by Gasteiger charge is 2.38. The molecule has 0 aliphatic carbocycles. The molecule has 0 unspecified atom stereocenters. The van der Waals surface area contributed by atoms with E-state index in [2.05, 4.69) is 10.3 Å². The van der Waals surface area contributed by atoms with Crippen LogP contribution in [0, 0.1) is 10.1 Å². The quantitative estimate of drug-likeness (QED) is 0.435. The van der Waals surface area contributed by atoms with Crippen molar-refractivity contribution < 1.29 is 31.3 Å². The summed E-state index contributed by atoms with van der Waals surface area (Å²) < 4.78 is 78.0. The molecule has 0 bridgehead atoms. The van der Waals surface area contributed by atoms with Crippen molar-refractivity contribution in [2.24, 2.45) is 0 Å². The molecule has 0 radical (unpaired) electrons. The first-order valence-corrected chi connectivity index (χ1v) is 7.65. The van der Waals surface area contributed by atoms with Gasteiger partial charge in [0.25, 0.3) is 11.2 Å². The molecule has 0 fully saturated rings. The van der Waals surface area contributed by atoms with Gasteiger partial charge in [-0.3, -0.25) is 19.5 Å². The van der Waals surface area contributed by atoms with Gasteiger partial charge in [-0.2, -0.15) is 26.3 Å². The first-order chi connectivity index (χ1) is 12.8. The average molecular weight is 431 g/mol. The van der Waals surface area contributed by atoms with Crippen LogP contribution in [0.1, 0.15) is 18.2 Å². The molecule has 1 aromatic heterocycles. The van der Waals surface area contributed by atoms with Crippen molar-refractivity contribution in [3.8, 4) is 0 Å². The molecule has 0 amide bonds. The summed E-state index contributed by atoms with van der Waals surface area (Å²) >= 11 is 5.41. The Kier molecular flexibility index (Phi) is 5.59. The summed E-state index contributed by atoms with van der Waals surface area (Å²) in [6.45, 7) is 1.14. The molecule has 0 saturated heterocycles. The summed E-state index contributed by atoms with van der Waals surface area (Å²) in [5.74, 6) is -0.771. The molecule has 152 valence electrons. The highest BCUT2D eigenvalue weighted by Crippen LogP contribution is 2.37. The van der Waals surface area contributed by atoms with Gasteiger partial charge in [0.05, 0.1) is 10.5 Å². The van der Waals surface area contributed by atoms with Gasteiger partial charge in [0, 0.05) is 12.6 Å². The second-order valence-electron chi connectivity index (χ2n) is 5.26. The molecule has 1 heterocycles. The summed E-state index contributed by atoms with van der Waals surface area (Å²) in [6.07, 6.45) is -9.98. The molecule has 0 aliphatic rings. The number of hydrogen-bond acceptors (Lipinski definition) is 5. The van der Waals surface area contributed by atoms with Crippen molar-refractivity contribution in [3.05, 3.63) is 54.9 Å². The second-order valence-corrected chi connectivity index (χ2v) is 5.63. The molecule has 0 saturated carbocycles. The number of benzene rings is 1. The zero-order chi connectivity index (χ0) is 21.4. The molecule has 14 heteroatoms. The fourth-order valence-electron chi connectivity index (χ4n) is 2.19. The average Bonchev–Trinajstić information content (AvgIpc) is 2.56. The zero-order valence-electron chi connectivity index (χ0n) is 13.7. The lowest BCUT2D eigenvalue weighted by molar-refractivity contribution is -0.384. The van der Waals surface area contributed by atoms with Crippen LogP contribution in [-0.2, 0) is 18.9 Å². The van der Waals surface area contributed by atoms with E-state index >= 15 is 0 Å². The van der Waals surface area contributed by atoms with Crippen LogP contribution in [0.2, 0.25) is 5.02 Å². The Morgan fingerprint density at radius 2 is 1.82 bits per heavy atom. The SMILES string of the molecule is CCn1c(Nc2ccc(C(F)(F)F)cc2[N+](=O)[O-])nc(C(F)(F)F)c(Cl)c1=O. The molecule has 1 aromatic carbocycles. The maximum atomic E-state index is 13.0. The topological polar surface area (TPSA) is 90.1 Å². The fourth-order valence-corrected chi connectivity index (χ4v) is 2.44. The van der Waals surface area contributed by atoms with Crippen LogP contribution in [-0.4, -0.2) is 14.5 Å².